The Morgan fingerprint density at radius 3 is 2.25 bits per heavy atom. The van der Waals surface area contributed by atoms with Crippen LogP contribution in [0, 0.1) is 11.3 Å². The molecule has 0 radical (unpaired) electrons. The van der Waals surface area contributed by atoms with Crippen molar-refractivity contribution in [2.45, 2.75) is 96.6 Å². The van der Waals surface area contributed by atoms with Crippen LogP contribution in [0.25, 0.3) is 0 Å². The number of carbonyl (C=O) groups is 1. The first-order valence-electron chi connectivity index (χ1n) is 9.93. The van der Waals surface area contributed by atoms with Crippen LogP contribution in [0.5, 0.6) is 0 Å². The molecule has 3 nitrogen and oxygen atoms in total. The van der Waals surface area contributed by atoms with Crippen molar-refractivity contribution in [1.82, 2.24) is 0 Å². The zero-order valence-electron chi connectivity index (χ0n) is 16.1. The van der Waals surface area contributed by atoms with Crippen LogP contribution in [0.3, 0.4) is 0 Å². The first kappa shape index (κ1) is 18.3. The minimum absolute atomic E-state index is 0.107. The Bertz CT molecular complexity index is 547. The van der Waals surface area contributed by atoms with Gasteiger partial charge in [-0.3, -0.25) is 4.79 Å². The molecule has 0 aliphatic heterocycles. The summed E-state index contributed by atoms with van der Waals surface area (Å²) in [5, 5.41) is 11.7. The molecule has 0 amide bonds. The van der Waals surface area contributed by atoms with Crippen molar-refractivity contribution < 1.29 is 14.3 Å². The third kappa shape index (κ3) is 2.25. The first-order chi connectivity index (χ1) is 11.3. The summed E-state index contributed by atoms with van der Waals surface area (Å²) < 4.78 is 6.89. The van der Waals surface area contributed by atoms with E-state index in [0.29, 0.717) is 12.2 Å². The molecule has 0 saturated heterocycles. The normalized spacial score (nSPS) is 35.3. The summed E-state index contributed by atoms with van der Waals surface area (Å²) in [7, 11) is -1.84. The smallest absolute Gasteiger partial charge is 0.192 e. The number of Topliss-reactive ketones (excluding diaryl/α,β-unsaturated/α-hetero) is 1. The lowest BCUT2D eigenvalue weighted by atomic mass is 9.49. The largest absolute Gasteiger partial charge is 0.410 e. The van der Waals surface area contributed by atoms with Gasteiger partial charge in [-0.05, 0) is 51.2 Å². The van der Waals surface area contributed by atoms with E-state index in [1.807, 2.05) is 6.92 Å². The van der Waals surface area contributed by atoms with E-state index in [4.69, 9.17) is 4.43 Å². The van der Waals surface area contributed by atoms with Crippen LogP contribution in [0.2, 0.25) is 18.1 Å². The second-order valence-corrected chi connectivity index (χ2v) is 13.2. The maximum atomic E-state index is 12.6. The van der Waals surface area contributed by atoms with Crippen molar-refractivity contribution in [2.75, 3.05) is 0 Å². The molecule has 2 saturated carbocycles. The Morgan fingerprint density at radius 1 is 1.21 bits per heavy atom. The standard InChI is InChI=1S/C20H34O3Si/c1-6-24(7-2,8-3)23-18-15-10-11-16(21)17(15)14(4)20(12-9-13-20)19(18,5)22/h15,18,22H,6-13H2,1-5H3/t15-,18-,19+/m1/s1. The van der Waals surface area contributed by atoms with Crippen LogP contribution in [0.1, 0.15) is 66.7 Å². The van der Waals surface area contributed by atoms with Crippen LogP contribution in [0.4, 0.5) is 0 Å². The van der Waals surface area contributed by atoms with Gasteiger partial charge in [-0.15, -0.1) is 0 Å². The number of carbonyl (C=O) groups excluding carboxylic acids is 1. The predicted molar refractivity (Wildman–Crippen MR) is 99.4 cm³/mol. The molecular formula is C20H34O3Si. The van der Waals surface area contributed by atoms with Gasteiger partial charge >= 0.3 is 0 Å². The molecule has 0 aromatic rings. The van der Waals surface area contributed by atoms with Crippen LogP contribution in [-0.4, -0.2) is 30.9 Å². The molecule has 1 spiro atoms. The summed E-state index contributed by atoms with van der Waals surface area (Å²) in [6, 6.07) is 3.24. The fourth-order valence-corrected chi connectivity index (χ4v) is 8.67. The van der Waals surface area contributed by atoms with Gasteiger partial charge in [0.1, 0.15) is 0 Å². The average Bonchev–Trinajstić information content (AvgIpc) is 2.88. The van der Waals surface area contributed by atoms with Crippen molar-refractivity contribution in [3.63, 3.8) is 0 Å². The highest BCUT2D eigenvalue weighted by Crippen LogP contribution is 2.63. The molecule has 24 heavy (non-hydrogen) atoms. The molecule has 3 aliphatic rings. The van der Waals surface area contributed by atoms with Gasteiger partial charge in [-0.1, -0.05) is 32.8 Å². The molecule has 0 bridgehead atoms. The lowest BCUT2D eigenvalue weighted by Crippen LogP contribution is -2.65. The SMILES string of the molecule is CC[Si](CC)(CC)O[C@@H]1[C@@H]2CCC(=O)C2=C(C)C2(CCC2)[C@@]1(C)O. The third-order valence-corrected chi connectivity index (χ3v) is 12.5. The average molecular weight is 351 g/mol. The summed E-state index contributed by atoms with van der Waals surface area (Å²) in [5.41, 5.74) is 1.13. The lowest BCUT2D eigenvalue weighted by molar-refractivity contribution is -0.176. The van der Waals surface area contributed by atoms with Gasteiger partial charge in [0.25, 0.3) is 0 Å². The van der Waals surface area contributed by atoms with Crippen molar-refractivity contribution in [3.8, 4) is 0 Å². The summed E-state index contributed by atoms with van der Waals surface area (Å²) in [6.07, 6.45) is 4.41. The molecule has 136 valence electrons. The molecule has 4 heteroatoms. The number of fused-ring (bicyclic) bond motifs is 1. The molecule has 3 atom stereocenters. The van der Waals surface area contributed by atoms with Gasteiger partial charge in [-0.2, -0.15) is 0 Å². The summed E-state index contributed by atoms with van der Waals surface area (Å²) in [6.45, 7) is 10.8. The monoisotopic (exact) mass is 350 g/mol. The zero-order valence-corrected chi connectivity index (χ0v) is 17.1. The highest BCUT2D eigenvalue weighted by molar-refractivity contribution is 6.73. The molecular weight excluding hydrogens is 316 g/mol. The maximum absolute atomic E-state index is 12.6. The van der Waals surface area contributed by atoms with E-state index in [0.717, 1.165) is 49.4 Å². The second kappa shape index (κ2) is 6.06. The predicted octanol–water partition coefficient (Wildman–Crippen LogP) is 4.61. The number of aliphatic hydroxyl groups is 1. The van der Waals surface area contributed by atoms with Crippen molar-refractivity contribution in [1.29, 1.82) is 0 Å². The molecule has 2 fully saturated rings. The van der Waals surface area contributed by atoms with Gasteiger partial charge in [-0.25, -0.2) is 0 Å². The number of ketones is 1. The highest BCUT2D eigenvalue weighted by Gasteiger charge is 2.64. The first-order valence-corrected chi connectivity index (χ1v) is 12.5. The van der Waals surface area contributed by atoms with Crippen molar-refractivity contribution in [2.24, 2.45) is 11.3 Å². The molecule has 0 aromatic heterocycles. The van der Waals surface area contributed by atoms with Crippen LogP contribution < -0.4 is 0 Å². The Kier molecular flexibility index (Phi) is 4.63. The van der Waals surface area contributed by atoms with E-state index in [9.17, 15) is 9.90 Å². The number of hydrogen-bond donors (Lipinski definition) is 1. The van der Waals surface area contributed by atoms with Gasteiger partial charge in [0, 0.05) is 23.3 Å². The van der Waals surface area contributed by atoms with E-state index in [1.165, 1.54) is 5.57 Å². The van der Waals surface area contributed by atoms with Crippen LogP contribution in [-0.2, 0) is 9.22 Å². The Balaban J connectivity index is 2.07. The van der Waals surface area contributed by atoms with E-state index in [2.05, 4.69) is 27.7 Å². The minimum atomic E-state index is -1.84. The third-order valence-electron chi connectivity index (χ3n) is 7.88. The fraction of sp³-hybridized carbons (Fsp3) is 0.850. The topological polar surface area (TPSA) is 46.5 Å². The summed E-state index contributed by atoms with van der Waals surface area (Å²) in [4.78, 5) is 12.6. The Hall–Kier alpha value is -0.453. The second-order valence-electron chi connectivity index (χ2n) is 8.47. The summed E-state index contributed by atoms with van der Waals surface area (Å²) in [5.74, 6) is 0.417. The van der Waals surface area contributed by atoms with Crippen molar-refractivity contribution in [3.05, 3.63) is 11.1 Å². The quantitative estimate of drug-likeness (QED) is 0.737. The summed E-state index contributed by atoms with van der Waals surface area (Å²) >= 11 is 0. The van der Waals surface area contributed by atoms with E-state index in [1.54, 1.807) is 0 Å². The molecule has 0 heterocycles. The number of hydrogen-bond acceptors (Lipinski definition) is 3. The maximum Gasteiger partial charge on any atom is 0.192 e. The lowest BCUT2D eigenvalue weighted by Gasteiger charge is -2.61. The van der Waals surface area contributed by atoms with E-state index >= 15 is 0 Å². The van der Waals surface area contributed by atoms with Crippen LogP contribution in [0.15, 0.2) is 11.1 Å². The molecule has 3 aliphatic carbocycles. The van der Waals surface area contributed by atoms with Gasteiger partial charge in [0.15, 0.2) is 14.1 Å². The fourth-order valence-electron chi connectivity index (χ4n) is 5.74. The number of rotatable bonds is 5. The zero-order chi connectivity index (χ0) is 17.8. The Morgan fingerprint density at radius 2 is 1.79 bits per heavy atom. The van der Waals surface area contributed by atoms with E-state index < -0.39 is 13.9 Å². The molecule has 0 aromatic carbocycles. The molecule has 0 unspecified atom stereocenters. The highest BCUT2D eigenvalue weighted by atomic mass is 28.4. The van der Waals surface area contributed by atoms with E-state index in [-0.39, 0.29) is 17.4 Å². The van der Waals surface area contributed by atoms with Gasteiger partial charge in [0.05, 0.1) is 11.7 Å². The van der Waals surface area contributed by atoms with Crippen LogP contribution >= 0.6 is 0 Å². The molecule has 3 rings (SSSR count). The van der Waals surface area contributed by atoms with Crippen molar-refractivity contribution >= 4 is 14.1 Å². The minimum Gasteiger partial charge on any atom is -0.410 e. The molecule has 1 N–H and O–H groups in total. The van der Waals surface area contributed by atoms with Gasteiger partial charge in [0.2, 0.25) is 0 Å². The Labute approximate surface area is 148 Å². The van der Waals surface area contributed by atoms with Gasteiger partial charge < -0.3 is 9.53 Å².